The van der Waals surface area contributed by atoms with Crippen molar-refractivity contribution in [1.29, 1.82) is 0 Å². The van der Waals surface area contributed by atoms with E-state index in [1.165, 1.54) is 0 Å². The van der Waals surface area contributed by atoms with Gasteiger partial charge in [0.2, 0.25) is 0 Å². The number of nitrogens with zero attached hydrogens (tertiary/aromatic N) is 3. The topological polar surface area (TPSA) is 42.7 Å². The van der Waals surface area contributed by atoms with Gasteiger partial charge in [-0.1, -0.05) is 0 Å². The molecule has 1 atom stereocenters. The predicted octanol–water partition coefficient (Wildman–Crippen LogP) is 2.06. The Kier molecular flexibility index (Phi) is 3.32. The Hall–Kier alpha value is -1.98. The Morgan fingerprint density at radius 1 is 1.47 bits per heavy atom. The lowest BCUT2D eigenvalue weighted by molar-refractivity contribution is 0.546. The predicted molar refractivity (Wildman–Crippen MR) is 59.5 cm³/mol. The molecule has 2 heterocycles. The number of hydrogen-bond acceptors (Lipinski definition) is 3. The third-order valence-electron chi connectivity index (χ3n) is 2.21. The first-order chi connectivity index (χ1) is 8.15. The highest BCUT2D eigenvalue weighted by Gasteiger charge is 2.09. The lowest BCUT2D eigenvalue weighted by atomic mass is 10.3. The molecular formula is C11H12F2N4. The second-order valence-corrected chi connectivity index (χ2v) is 3.76. The van der Waals surface area contributed by atoms with Crippen LogP contribution < -0.4 is 5.32 Å². The second kappa shape index (κ2) is 4.90. The lowest BCUT2D eigenvalue weighted by Crippen LogP contribution is -2.23. The SMILES string of the molecule is CC(Cn1cccn1)Nc1ncc(F)cc1F. The highest BCUT2D eigenvalue weighted by Crippen LogP contribution is 2.12. The number of hydrogen-bond donors (Lipinski definition) is 1. The zero-order chi connectivity index (χ0) is 12.3. The Balaban J connectivity index is 2.00. The fourth-order valence-electron chi connectivity index (χ4n) is 1.49. The van der Waals surface area contributed by atoms with Crippen molar-refractivity contribution < 1.29 is 8.78 Å². The Morgan fingerprint density at radius 2 is 2.29 bits per heavy atom. The Bertz CT molecular complexity index is 484. The largest absolute Gasteiger partial charge is 0.363 e. The van der Waals surface area contributed by atoms with E-state index < -0.39 is 11.6 Å². The second-order valence-electron chi connectivity index (χ2n) is 3.76. The molecule has 2 aromatic heterocycles. The van der Waals surface area contributed by atoms with E-state index in [4.69, 9.17) is 0 Å². The maximum absolute atomic E-state index is 13.3. The average molecular weight is 238 g/mol. The van der Waals surface area contributed by atoms with E-state index in [2.05, 4.69) is 15.4 Å². The summed E-state index contributed by atoms with van der Waals surface area (Å²) in [7, 11) is 0. The van der Waals surface area contributed by atoms with Crippen LogP contribution in [0.25, 0.3) is 0 Å². The van der Waals surface area contributed by atoms with Crippen molar-refractivity contribution >= 4 is 5.82 Å². The highest BCUT2D eigenvalue weighted by molar-refractivity contribution is 5.36. The van der Waals surface area contributed by atoms with Crippen LogP contribution in [-0.2, 0) is 6.54 Å². The summed E-state index contributed by atoms with van der Waals surface area (Å²) in [6.45, 7) is 2.44. The molecule has 0 aromatic carbocycles. The van der Waals surface area contributed by atoms with Crippen molar-refractivity contribution in [3.8, 4) is 0 Å². The molecule has 1 N–H and O–H groups in total. The molecule has 90 valence electrons. The summed E-state index contributed by atoms with van der Waals surface area (Å²) in [5.41, 5.74) is 0. The van der Waals surface area contributed by atoms with Crippen molar-refractivity contribution in [2.24, 2.45) is 0 Å². The average Bonchev–Trinajstić information content (AvgIpc) is 2.75. The standard InChI is InChI=1S/C11H12F2N4/c1-8(7-17-4-2-3-15-17)16-11-10(13)5-9(12)6-14-11/h2-6,8H,7H2,1H3,(H,14,16). The van der Waals surface area contributed by atoms with Gasteiger partial charge in [-0.2, -0.15) is 5.10 Å². The number of rotatable bonds is 4. The molecule has 0 spiro atoms. The highest BCUT2D eigenvalue weighted by atomic mass is 19.1. The van der Waals surface area contributed by atoms with Crippen molar-refractivity contribution in [3.63, 3.8) is 0 Å². The van der Waals surface area contributed by atoms with Crippen LogP contribution in [-0.4, -0.2) is 20.8 Å². The zero-order valence-electron chi connectivity index (χ0n) is 9.27. The molecule has 17 heavy (non-hydrogen) atoms. The fraction of sp³-hybridized carbons (Fsp3) is 0.273. The van der Waals surface area contributed by atoms with Gasteiger partial charge in [0.25, 0.3) is 0 Å². The summed E-state index contributed by atoms with van der Waals surface area (Å²) in [5, 5.41) is 6.90. The number of halogens is 2. The molecule has 4 nitrogen and oxygen atoms in total. The van der Waals surface area contributed by atoms with E-state index in [0.29, 0.717) is 6.54 Å². The van der Waals surface area contributed by atoms with Gasteiger partial charge >= 0.3 is 0 Å². The first-order valence-corrected chi connectivity index (χ1v) is 5.20. The zero-order valence-corrected chi connectivity index (χ0v) is 9.27. The maximum Gasteiger partial charge on any atom is 0.168 e. The van der Waals surface area contributed by atoms with Crippen molar-refractivity contribution in [2.75, 3.05) is 5.32 Å². The van der Waals surface area contributed by atoms with Gasteiger partial charge < -0.3 is 5.32 Å². The number of anilines is 1. The molecule has 0 bridgehead atoms. The van der Waals surface area contributed by atoms with Crippen LogP contribution in [0.5, 0.6) is 0 Å². The number of pyridine rings is 1. The first kappa shape index (κ1) is 11.5. The summed E-state index contributed by atoms with van der Waals surface area (Å²) in [6.07, 6.45) is 4.46. The summed E-state index contributed by atoms with van der Waals surface area (Å²) >= 11 is 0. The minimum Gasteiger partial charge on any atom is -0.363 e. The quantitative estimate of drug-likeness (QED) is 0.886. The van der Waals surface area contributed by atoms with Crippen LogP contribution in [0.4, 0.5) is 14.6 Å². The molecule has 0 amide bonds. The van der Waals surface area contributed by atoms with Gasteiger partial charge in [-0.15, -0.1) is 0 Å². The van der Waals surface area contributed by atoms with E-state index >= 15 is 0 Å². The smallest absolute Gasteiger partial charge is 0.168 e. The van der Waals surface area contributed by atoms with E-state index in [0.717, 1.165) is 12.3 Å². The molecule has 0 aliphatic heterocycles. The van der Waals surface area contributed by atoms with E-state index in [1.54, 1.807) is 10.9 Å². The van der Waals surface area contributed by atoms with E-state index in [-0.39, 0.29) is 11.9 Å². The van der Waals surface area contributed by atoms with Crippen molar-refractivity contribution in [3.05, 3.63) is 42.4 Å². The summed E-state index contributed by atoms with van der Waals surface area (Å²) < 4.78 is 27.7. The van der Waals surface area contributed by atoms with Gasteiger partial charge in [-0.3, -0.25) is 4.68 Å². The van der Waals surface area contributed by atoms with Crippen molar-refractivity contribution in [1.82, 2.24) is 14.8 Å². The molecular weight excluding hydrogens is 226 g/mol. The summed E-state index contributed by atoms with van der Waals surface area (Å²) in [6, 6.07) is 2.54. The molecule has 2 rings (SSSR count). The van der Waals surface area contributed by atoms with E-state index in [9.17, 15) is 8.78 Å². The third kappa shape index (κ3) is 2.99. The molecule has 0 fully saturated rings. The van der Waals surface area contributed by atoms with Crippen LogP contribution in [0.3, 0.4) is 0 Å². The Morgan fingerprint density at radius 3 is 2.94 bits per heavy atom. The molecule has 0 radical (unpaired) electrons. The number of aromatic nitrogens is 3. The van der Waals surface area contributed by atoms with E-state index in [1.807, 2.05) is 19.2 Å². The first-order valence-electron chi connectivity index (χ1n) is 5.20. The van der Waals surface area contributed by atoms with Gasteiger partial charge in [0, 0.05) is 24.5 Å². The Labute approximate surface area is 97.3 Å². The molecule has 1 unspecified atom stereocenters. The summed E-state index contributed by atoms with van der Waals surface area (Å²) in [5.74, 6) is -1.34. The van der Waals surface area contributed by atoms with Crippen LogP contribution in [0.15, 0.2) is 30.7 Å². The molecule has 2 aromatic rings. The molecule has 0 saturated carbocycles. The molecule has 0 aliphatic rings. The van der Waals surface area contributed by atoms with Gasteiger partial charge in [-0.25, -0.2) is 13.8 Å². The third-order valence-corrected chi connectivity index (χ3v) is 2.21. The molecule has 6 heteroatoms. The molecule has 0 saturated heterocycles. The number of nitrogens with one attached hydrogen (secondary N) is 1. The molecule has 0 aliphatic carbocycles. The van der Waals surface area contributed by atoms with Crippen LogP contribution in [0, 0.1) is 11.6 Å². The maximum atomic E-state index is 13.3. The van der Waals surface area contributed by atoms with Crippen molar-refractivity contribution in [2.45, 2.75) is 19.5 Å². The van der Waals surface area contributed by atoms with Gasteiger partial charge in [-0.05, 0) is 13.0 Å². The van der Waals surface area contributed by atoms with Crippen LogP contribution in [0.1, 0.15) is 6.92 Å². The van der Waals surface area contributed by atoms with Gasteiger partial charge in [0.05, 0.1) is 12.7 Å². The minimum absolute atomic E-state index is 0.0473. The minimum atomic E-state index is -0.697. The van der Waals surface area contributed by atoms with Gasteiger partial charge in [0.15, 0.2) is 11.6 Å². The van der Waals surface area contributed by atoms with Gasteiger partial charge in [0.1, 0.15) is 5.82 Å². The monoisotopic (exact) mass is 238 g/mol. The fourth-order valence-corrected chi connectivity index (χ4v) is 1.49. The van der Waals surface area contributed by atoms with Crippen LogP contribution >= 0.6 is 0 Å². The van der Waals surface area contributed by atoms with Crippen LogP contribution in [0.2, 0.25) is 0 Å². The normalized spacial score (nSPS) is 12.4. The lowest BCUT2D eigenvalue weighted by Gasteiger charge is -2.14. The summed E-state index contributed by atoms with van der Waals surface area (Å²) in [4.78, 5) is 3.66.